The number of fused-ring (bicyclic) bond motifs is 1. The highest BCUT2D eigenvalue weighted by atomic mass is 15.1. The molecule has 0 aliphatic carbocycles. The van der Waals surface area contributed by atoms with Gasteiger partial charge in [0.1, 0.15) is 0 Å². The first-order valence-corrected chi connectivity index (χ1v) is 8.13. The minimum atomic E-state index is 0.804. The summed E-state index contributed by atoms with van der Waals surface area (Å²) in [4.78, 5) is 2.41. The summed E-state index contributed by atoms with van der Waals surface area (Å²) in [6.45, 7) is 3.51. The van der Waals surface area contributed by atoms with Crippen LogP contribution in [0.2, 0.25) is 0 Å². The van der Waals surface area contributed by atoms with E-state index in [2.05, 4.69) is 43.1 Å². The molecule has 1 aromatic rings. The highest BCUT2D eigenvalue weighted by Crippen LogP contribution is 2.37. The molecule has 0 N–H and O–H groups in total. The molecule has 1 unspecified atom stereocenters. The summed E-state index contributed by atoms with van der Waals surface area (Å²) in [5, 5.41) is 0. The van der Waals surface area contributed by atoms with E-state index in [1.807, 2.05) is 0 Å². The lowest BCUT2D eigenvalue weighted by Crippen LogP contribution is -2.27. The summed E-state index contributed by atoms with van der Waals surface area (Å²) in [6, 6.07) is 8.99. The molecule has 1 nitrogen and oxygen atoms in total. The molecule has 106 valence electrons. The summed E-state index contributed by atoms with van der Waals surface area (Å²) < 4.78 is 0. The van der Waals surface area contributed by atoms with E-state index in [1.54, 1.807) is 5.56 Å². The first kappa shape index (κ1) is 14.4. The Kier molecular flexibility index (Phi) is 5.75. The van der Waals surface area contributed by atoms with Gasteiger partial charge in [-0.15, -0.1) is 0 Å². The van der Waals surface area contributed by atoms with E-state index in [0.717, 1.165) is 5.92 Å². The Morgan fingerprint density at radius 1 is 1.05 bits per heavy atom. The van der Waals surface area contributed by atoms with E-state index >= 15 is 0 Å². The molecule has 0 fully saturated rings. The Balaban J connectivity index is 1.80. The molecule has 0 bridgehead atoms. The monoisotopic (exact) mass is 259 g/mol. The van der Waals surface area contributed by atoms with Crippen LogP contribution in [0.5, 0.6) is 0 Å². The van der Waals surface area contributed by atoms with Crippen LogP contribution in [0, 0.1) is 0 Å². The predicted octanol–water partition coefficient (Wildman–Crippen LogP) is 5.36. The van der Waals surface area contributed by atoms with Crippen molar-refractivity contribution in [3.05, 3.63) is 29.8 Å². The molecule has 0 amide bonds. The van der Waals surface area contributed by atoms with Crippen LogP contribution in [0.1, 0.15) is 69.8 Å². The molecule has 0 radical (unpaired) electrons. The van der Waals surface area contributed by atoms with Gasteiger partial charge in [-0.05, 0) is 30.4 Å². The molecule has 1 atom stereocenters. The van der Waals surface area contributed by atoms with Crippen LogP contribution in [0.25, 0.3) is 0 Å². The van der Waals surface area contributed by atoms with Gasteiger partial charge in [0.05, 0.1) is 0 Å². The molecule has 1 heterocycles. The van der Waals surface area contributed by atoms with E-state index < -0.39 is 0 Å². The largest absolute Gasteiger partial charge is 0.374 e. The van der Waals surface area contributed by atoms with Gasteiger partial charge in [0.2, 0.25) is 0 Å². The molecule has 1 heteroatoms. The fourth-order valence-electron chi connectivity index (χ4n) is 3.28. The topological polar surface area (TPSA) is 3.24 Å². The first-order chi connectivity index (χ1) is 9.33. The van der Waals surface area contributed by atoms with Crippen molar-refractivity contribution >= 4 is 5.69 Å². The van der Waals surface area contributed by atoms with Gasteiger partial charge in [-0.3, -0.25) is 0 Å². The van der Waals surface area contributed by atoms with Crippen molar-refractivity contribution in [1.82, 2.24) is 0 Å². The summed E-state index contributed by atoms with van der Waals surface area (Å²) >= 11 is 0. The average molecular weight is 259 g/mol. The molecule has 0 spiro atoms. The number of nitrogens with zero attached hydrogens (tertiary/aromatic N) is 1. The minimum Gasteiger partial charge on any atom is -0.374 e. The second-order valence-corrected chi connectivity index (χ2v) is 6.02. The zero-order chi connectivity index (χ0) is 13.5. The van der Waals surface area contributed by atoms with Crippen molar-refractivity contribution in [3.8, 4) is 0 Å². The maximum atomic E-state index is 2.41. The molecule has 19 heavy (non-hydrogen) atoms. The van der Waals surface area contributed by atoms with E-state index in [9.17, 15) is 0 Å². The van der Waals surface area contributed by atoms with Crippen molar-refractivity contribution in [2.45, 2.75) is 64.2 Å². The minimum absolute atomic E-state index is 0.804. The molecule has 1 aliphatic rings. The van der Waals surface area contributed by atoms with Crippen molar-refractivity contribution in [1.29, 1.82) is 0 Å². The average Bonchev–Trinajstić information content (AvgIpc) is 2.45. The molecule has 0 saturated carbocycles. The highest BCUT2D eigenvalue weighted by molar-refractivity contribution is 5.56. The quantitative estimate of drug-likeness (QED) is 0.596. The second kappa shape index (κ2) is 7.57. The van der Waals surface area contributed by atoms with E-state index in [1.165, 1.54) is 63.6 Å². The summed E-state index contributed by atoms with van der Waals surface area (Å²) in [5.41, 5.74) is 3.05. The van der Waals surface area contributed by atoms with Crippen LogP contribution in [0.15, 0.2) is 24.3 Å². The molecule has 1 aromatic carbocycles. The standard InChI is InChI=1S/C18H29N/c1-3-4-5-6-7-8-11-16-14-15-19(2)18-13-10-9-12-17(16)18/h9-10,12-13,16H,3-8,11,14-15H2,1-2H3. The van der Waals surface area contributed by atoms with Gasteiger partial charge in [0.25, 0.3) is 0 Å². The molecular formula is C18H29N. The SMILES string of the molecule is CCCCCCCCC1CCN(C)c2ccccc21. The molecule has 0 aromatic heterocycles. The van der Waals surface area contributed by atoms with Crippen molar-refractivity contribution in [2.24, 2.45) is 0 Å². The third-order valence-corrected chi connectivity index (χ3v) is 4.51. The maximum Gasteiger partial charge on any atom is 0.0399 e. The maximum absolute atomic E-state index is 2.41. The van der Waals surface area contributed by atoms with E-state index in [0.29, 0.717) is 0 Å². The number of hydrogen-bond acceptors (Lipinski definition) is 1. The van der Waals surface area contributed by atoms with E-state index in [4.69, 9.17) is 0 Å². The van der Waals surface area contributed by atoms with Crippen LogP contribution < -0.4 is 4.90 Å². The summed E-state index contributed by atoms with van der Waals surface area (Å²) in [7, 11) is 2.22. The van der Waals surface area contributed by atoms with Gasteiger partial charge < -0.3 is 4.90 Å². The molecule has 0 saturated heterocycles. The Hall–Kier alpha value is -0.980. The number of anilines is 1. The molecular weight excluding hydrogens is 230 g/mol. The van der Waals surface area contributed by atoms with Gasteiger partial charge in [0.15, 0.2) is 0 Å². The van der Waals surface area contributed by atoms with Crippen LogP contribution >= 0.6 is 0 Å². The number of benzene rings is 1. The third-order valence-electron chi connectivity index (χ3n) is 4.51. The second-order valence-electron chi connectivity index (χ2n) is 6.02. The normalized spacial score (nSPS) is 18.4. The van der Waals surface area contributed by atoms with Crippen LogP contribution in [-0.4, -0.2) is 13.6 Å². The van der Waals surface area contributed by atoms with Crippen LogP contribution in [0.3, 0.4) is 0 Å². The number of rotatable bonds is 7. The van der Waals surface area contributed by atoms with Gasteiger partial charge in [0, 0.05) is 19.3 Å². The Bertz CT molecular complexity index is 372. The molecule has 1 aliphatic heterocycles. The Labute approximate surface area is 119 Å². The highest BCUT2D eigenvalue weighted by Gasteiger charge is 2.21. The summed E-state index contributed by atoms with van der Waals surface area (Å²) in [5.74, 6) is 0.804. The Morgan fingerprint density at radius 2 is 1.79 bits per heavy atom. The van der Waals surface area contributed by atoms with Crippen molar-refractivity contribution < 1.29 is 0 Å². The lowest BCUT2D eigenvalue weighted by molar-refractivity contribution is 0.505. The smallest absolute Gasteiger partial charge is 0.0399 e. The van der Waals surface area contributed by atoms with Gasteiger partial charge >= 0.3 is 0 Å². The van der Waals surface area contributed by atoms with Crippen molar-refractivity contribution in [3.63, 3.8) is 0 Å². The van der Waals surface area contributed by atoms with Crippen LogP contribution in [0.4, 0.5) is 5.69 Å². The van der Waals surface area contributed by atoms with E-state index in [-0.39, 0.29) is 0 Å². The first-order valence-electron chi connectivity index (χ1n) is 8.13. The summed E-state index contributed by atoms with van der Waals surface area (Å²) in [6.07, 6.45) is 11.2. The third kappa shape index (κ3) is 3.99. The fraction of sp³-hybridized carbons (Fsp3) is 0.667. The van der Waals surface area contributed by atoms with Gasteiger partial charge in [-0.1, -0.05) is 63.6 Å². The van der Waals surface area contributed by atoms with Crippen LogP contribution in [-0.2, 0) is 0 Å². The molecule has 2 rings (SSSR count). The number of unbranched alkanes of at least 4 members (excludes halogenated alkanes) is 5. The Morgan fingerprint density at radius 3 is 2.63 bits per heavy atom. The zero-order valence-electron chi connectivity index (χ0n) is 12.7. The fourth-order valence-corrected chi connectivity index (χ4v) is 3.28. The number of hydrogen-bond donors (Lipinski definition) is 0. The van der Waals surface area contributed by atoms with Gasteiger partial charge in [-0.25, -0.2) is 0 Å². The van der Waals surface area contributed by atoms with Gasteiger partial charge in [-0.2, -0.15) is 0 Å². The lowest BCUT2D eigenvalue weighted by atomic mass is 9.86. The zero-order valence-corrected chi connectivity index (χ0v) is 12.7. The predicted molar refractivity (Wildman–Crippen MR) is 85.1 cm³/mol. The number of para-hydroxylation sites is 1. The lowest BCUT2D eigenvalue weighted by Gasteiger charge is -2.33. The van der Waals surface area contributed by atoms with Crippen molar-refractivity contribution in [2.75, 3.05) is 18.5 Å².